The Labute approximate surface area is 160 Å². The number of carbonyl (C=O) groups is 2. The van der Waals surface area contributed by atoms with Crippen LogP contribution in [0.2, 0.25) is 5.02 Å². The SMILES string of the molecule is COC(=O)c1cc(NC(=O)Cc2ccc3[nH]c(=O)c(C)cc3c2)ccc1Cl. The van der Waals surface area contributed by atoms with E-state index in [9.17, 15) is 14.4 Å². The van der Waals surface area contributed by atoms with Gasteiger partial charge < -0.3 is 15.0 Å². The van der Waals surface area contributed by atoms with Crippen LogP contribution in [0.5, 0.6) is 0 Å². The van der Waals surface area contributed by atoms with Gasteiger partial charge in [-0.3, -0.25) is 9.59 Å². The minimum atomic E-state index is -0.574. The van der Waals surface area contributed by atoms with Crippen molar-refractivity contribution in [2.45, 2.75) is 13.3 Å². The number of carbonyl (C=O) groups excluding carboxylic acids is 2. The fourth-order valence-electron chi connectivity index (χ4n) is 2.74. The number of hydrogen-bond acceptors (Lipinski definition) is 4. The Hall–Kier alpha value is -3.12. The average molecular weight is 385 g/mol. The van der Waals surface area contributed by atoms with Gasteiger partial charge in [-0.05, 0) is 54.3 Å². The number of pyridine rings is 1. The topological polar surface area (TPSA) is 88.3 Å². The third-order valence-corrected chi connectivity index (χ3v) is 4.44. The van der Waals surface area contributed by atoms with Gasteiger partial charge in [-0.2, -0.15) is 0 Å². The van der Waals surface area contributed by atoms with Gasteiger partial charge in [-0.15, -0.1) is 0 Å². The number of benzene rings is 2. The Morgan fingerprint density at radius 2 is 1.93 bits per heavy atom. The lowest BCUT2D eigenvalue weighted by Crippen LogP contribution is -2.15. The maximum absolute atomic E-state index is 12.4. The van der Waals surface area contributed by atoms with Crippen molar-refractivity contribution in [3.05, 3.63) is 74.5 Å². The molecule has 0 bridgehead atoms. The number of aromatic nitrogens is 1. The smallest absolute Gasteiger partial charge is 0.339 e. The van der Waals surface area contributed by atoms with Gasteiger partial charge in [-0.1, -0.05) is 17.7 Å². The number of ether oxygens (including phenoxy) is 1. The Kier molecular flexibility index (Phi) is 5.28. The van der Waals surface area contributed by atoms with Crippen LogP contribution >= 0.6 is 11.6 Å². The monoisotopic (exact) mass is 384 g/mol. The van der Waals surface area contributed by atoms with Crippen molar-refractivity contribution in [3.63, 3.8) is 0 Å². The number of esters is 1. The largest absolute Gasteiger partial charge is 0.465 e. The number of aromatic amines is 1. The van der Waals surface area contributed by atoms with E-state index in [0.29, 0.717) is 11.3 Å². The molecule has 0 aliphatic carbocycles. The fourth-order valence-corrected chi connectivity index (χ4v) is 2.93. The Morgan fingerprint density at radius 1 is 1.15 bits per heavy atom. The lowest BCUT2D eigenvalue weighted by molar-refractivity contribution is -0.115. The number of hydrogen-bond donors (Lipinski definition) is 2. The molecule has 1 amide bonds. The highest BCUT2D eigenvalue weighted by molar-refractivity contribution is 6.33. The first kappa shape index (κ1) is 18.7. The molecule has 2 N–H and O–H groups in total. The number of halogens is 1. The highest BCUT2D eigenvalue weighted by atomic mass is 35.5. The Morgan fingerprint density at radius 3 is 2.67 bits per heavy atom. The molecule has 0 spiro atoms. The summed E-state index contributed by atoms with van der Waals surface area (Å²) in [5.41, 5.74) is 2.63. The number of amides is 1. The molecule has 3 aromatic rings. The molecule has 27 heavy (non-hydrogen) atoms. The summed E-state index contributed by atoms with van der Waals surface area (Å²) in [5.74, 6) is -0.816. The summed E-state index contributed by atoms with van der Waals surface area (Å²) in [6.45, 7) is 1.73. The summed E-state index contributed by atoms with van der Waals surface area (Å²) >= 11 is 5.98. The summed E-state index contributed by atoms with van der Waals surface area (Å²) in [7, 11) is 1.26. The summed E-state index contributed by atoms with van der Waals surface area (Å²) < 4.78 is 4.67. The first-order chi connectivity index (χ1) is 12.9. The summed E-state index contributed by atoms with van der Waals surface area (Å²) in [5, 5.41) is 3.85. The average Bonchev–Trinajstić information content (AvgIpc) is 2.64. The van der Waals surface area contributed by atoms with Crippen LogP contribution < -0.4 is 10.9 Å². The van der Waals surface area contributed by atoms with Gasteiger partial charge in [0.1, 0.15) is 0 Å². The van der Waals surface area contributed by atoms with Crippen LogP contribution in [0.3, 0.4) is 0 Å². The quantitative estimate of drug-likeness (QED) is 0.674. The summed E-state index contributed by atoms with van der Waals surface area (Å²) in [6.07, 6.45) is 0.143. The molecule has 2 aromatic carbocycles. The van der Waals surface area contributed by atoms with Crippen LogP contribution in [0, 0.1) is 6.92 Å². The van der Waals surface area contributed by atoms with E-state index in [1.54, 1.807) is 31.2 Å². The highest BCUT2D eigenvalue weighted by Gasteiger charge is 2.13. The second-order valence-corrected chi connectivity index (χ2v) is 6.52. The standard InChI is InChI=1S/C20H17ClN2O4/c1-11-7-13-8-12(3-6-17(13)23-19(11)25)9-18(24)22-14-4-5-16(21)15(10-14)20(26)27-2/h3-8,10H,9H2,1-2H3,(H,22,24)(H,23,25). The Bertz CT molecular complexity index is 1100. The summed E-state index contributed by atoms with van der Waals surface area (Å²) in [6, 6.07) is 11.8. The van der Waals surface area contributed by atoms with E-state index < -0.39 is 5.97 Å². The number of H-pyrrole nitrogens is 1. The highest BCUT2D eigenvalue weighted by Crippen LogP contribution is 2.22. The molecule has 0 saturated heterocycles. The minimum absolute atomic E-state index is 0.128. The first-order valence-electron chi connectivity index (χ1n) is 8.17. The van der Waals surface area contributed by atoms with E-state index in [2.05, 4.69) is 15.0 Å². The number of methoxy groups -OCH3 is 1. The zero-order chi connectivity index (χ0) is 19.6. The summed E-state index contributed by atoms with van der Waals surface area (Å²) in [4.78, 5) is 38.5. The van der Waals surface area contributed by atoms with Crippen molar-refractivity contribution >= 4 is 40.1 Å². The molecule has 0 fully saturated rings. The lowest BCUT2D eigenvalue weighted by Gasteiger charge is -2.09. The van der Waals surface area contributed by atoms with Gasteiger partial charge in [0.25, 0.3) is 5.56 Å². The van der Waals surface area contributed by atoms with Crippen molar-refractivity contribution in [2.24, 2.45) is 0 Å². The third kappa shape index (κ3) is 4.17. The van der Waals surface area contributed by atoms with Gasteiger partial charge in [0.15, 0.2) is 0 Å². The van der Waals surface area contributed by atoms with E-state index in [0.717, 1.165) is 16.5 Å². The lowest BCUT2D eigenvalue weighted by atomic mass is 10.1. The van der Waals surface area contributed by atoms with Crippen LogP contribution in [-0.2, 0) is 16.0 Å². The molecule has 0 saturated carbocycles. The van der Waals surface area contributed by atoms with Gasteiger partial charge >= 0.3 is 5.97 Å². The molecule has 0 unspecified atom stereocenters. The van der Waals surface area contributed by atoms with Crippen LogP contribution in [-0.4, -0.2) is 24.0 Å². The second-order valence-electron chi connectivity index (χ2n) is 6.11. The molecule has 3 rings (SSSR count). The van der Waals surface area contributed by atoms with E-state index in [-0.39, 0.29) is 28.5 Å². The maximum Gasteiger partial charge on any atom is 0.339 e. The normalized spacial score (nSPS) is 10.6. The van der Waals surface area contributed by atoms with Crippen molar-refractivity contribution in [1.29, 1.82) is 0 Å². The van der Waals surface area contributed by atoms with Crippen LogP contribution in [0.15, 0.2) is 47.3 Å². The van der Waals surface area contributed by atoms with Crippen molar-refractivity contribution in [1.82, 2.24) is 4.98 Å². The van der Waals surface area contributed by atoms with E-state index in [1.165, 1.54) is 19.2 Å². The van der Waals surface area contributed by atoms with E-state index in [4.69, 9.17) is 11.6 Å². The van der Waals surface area contributed by atoms with Gasteiger partial charge in [-0.25, -0.2) is 4.79 Å². The molecule has 6 nitrogen and oxygen atoms in total. The van der Waals surface area contributed by atoms with Crippen molar-refractivity contribution < 1.29 is 14.3 Å². The molecule has 0 atom stereocenters. The Balaban J connectivity index is 1.78. The van der Waals surface area contributed by atoms with Gasteiger partial charge in [0, 0.05) is 16.8 Å². The van der Waals surface area contributed by atoms with Crippen molar-refractivity contribution in [3.8, 4) is 0 Å². The van der Waals surface area contributed by atoms with Crippen LogP contribution in [0.25, 0.3) is 10.9 Å². The van der Waals surface area contributed by atoms with Crippen molar-refractivity contribution in [2.75, 3.05) is 12.4 Å². The predicted molar refractivity (Wildman–Crippen MR) is 104 cm³/mol. The molecule has 1 aromatic heterocycles. The second kappa shape index (κ2) is 7.63. The molecule has 1 heterocycles. The maximum atomic E-state index is 12.4. The molecule has 0 radical (unpaired) electrons. The van der Waals surface area contributed by atoms with Gasteiger partial charge in [0.2, 0.25) is 5.91 Å². The number of fused-ring (bicyclic) bond motifs is 1. The molecular weight excluding hydrogens is 368 g/mol. The number of aryl methyl sites for hydroxylation is 1. The molecule has 0 aliphatic heterocycles. The van der Waals surface area contributed by atoms with Crippen LogP contribution in [0.1, 0.15) is 21.5 Å². The van der Waals surface area contributed by atoms with Crippen LogP contribution in [0.4, 0.5) is 5.69 Å². The van der Waals surface area contributed by atoms with E-state index >= 15 is 0 Å². The molecule has 138 valence electrons. The fraction of sp³-hybridized carbons (Fsp3) is 0.150. The minimum Gasteiger partial charge on any atom is -0.465 e. The number of nitrogens with one attached hydrogen (secondary N) is 2. The van der Waals surface area contributed by atoms with Gasteiger partial charge in [0.05, 0.1) is 24.1 Å². The zero-order valence-electron chi connectivity index (χ0n) is 14.8. The predicted octanol–water partition coefficient (Wildman–Crippen LogP) is 3.46. The zero-order valence-corrected chi connectivity index (χ0v) is 15.5. The molecule has 7 heteroatoms. The molecular formula is C20H17ClN2O4. The van der Waals surface area contributed by atoms with E-state index in [1.807, 2.05) is 6.07 Å². The number of rotatable bonds is 4. The number of anilines is 1. The first-order valence-corrected chi connectivity index (χ1v) is 8.55. The third-order valence-electron chi connectivity index (χ3n) is 4.11. The molecule has 0 aliphatic rings.